The third-order valence-electron chi connectivity index (χ3n) is 4.18. The predicted octanol–water partition coefficient (Wildman–Crippen LogP) is 5.06. The van der Waals surface area contributed by atoms with E-state index < -0.39 is 11.9 Å². The first-order chi connectivity index (χ1) is 14.6. The van der Waals surface area contributed by atoms with Crippen molar-refractivity contribution >= 4 is 22.8 Å². The number of ether oxygens (including phenoxy) is 2. The van der Waals surface area contributed by atoms with E-state index in [0.717, 1.165) is 4.90 Å². The average Bonchev–Trinajstić information content (AvgIpc) is 2.78. The molecule has 0 spiro atoms. The lowest BCUT2D eigenvalue weighted by Crippen LogP contribution is -2.14. The van der Waals surface area contributed by atoms with Crippen LogP contribution in [-0.4, -0.2) is 25.2 Å². The first kappa shape index (κ1) is 21.4. The van der Waals surface area contributed by atoms with Crippen molar-refractivity contribution in [3.8, 4) is 0 Å². The molecule has 0 heterocycles. The summed E-state index contributed by atoms with van der Waals surface area (Å²) in [6.07, 6.45) is 0. The van der Waals surface area contributed by atoms with Gasteiger partial charge < -0.3 is 9.47 Å². The van der Waals surface area contributed by atoms with Crippen LogP contribution in [0.4, 0.5) is 0 Å². The molecule has 152 valence electrons. The summed E-state index contributed by atoms with van der Waals surface area (Å²) in [5.74, 6) is -0.948. The van der Waals surface area contributed by atoms with Crippen LogP contribution in [0.2, 0.25) is 0 Å². The maximum atomic E-state index is 12.3. The third-order valence-corrected chi connectivity index (χ3v) is 6.41. The highest BCUT2D eigenvalue weighted by atomic mass is 32.2. The number of hydrogen-bond donors (Lipinski definition) is 0. The smallest absolute Gasteiger partial charge is 0.338 e. The minimum atomic E-state index is -0.496. The summed E-state index contributed by atoms with van der Waals surface area (Å²) < 4.78 is 10.1. The molecule has 0 aliphatic carbocycles. The van der Waals surface area contributed by atoms with Gasteiger partial charge in [0.2, 0.25) is 0 Å². The van der Waals surface area contributed by atoms with Gasteiger partial charge in [-0.1, -0.05) is 43.0 Å². The topological polar surface area (TPSA) is 52.6 Å². The van der Waals surface area contributed by atoms with Crippen LogP contribution in [0.5, 0.6) is 0 Å². The maximum absolute atomic E-state index is 12.3. The minimum Gasteiger partial charge on any atom is -0.459 e. The number of hydrogen-bond acceptors (Lipinski definition) is 4. The van der Waals surface area contributed by atoms with Crippen molar-refractivity contribution in [2.75, 3.05) is 13.2 Å². The average molecular weight is 420 g/mol. The number of carbonyl (C=O) groups is 2. The van der Waals surface area contributed by atoms with E-state index in [9.17, 15) is 9.59 Å². The summed E-state index contributed by atoms with van der Waals surface area (Å²) in [6.45, 7) is 5.06. The highest BCUT2D eigenvalue weighted by Crippen LogP contribution is 2.31. The molecule has 3 aromatic rings. The van der Waals surface area contributed by atoms with Crippen molar-refractivity contribution in [3.63, 3.8) is 0 Å². The van der Waals surface area contributed by atoms with Gasteiger partial charge in [0.1, 0.15) is 13.2 Å². The molecule has 0 aliphatic rings. The van der Waals surface area contributed by atoms with Gasteiger partial charge in [0.05, 0.1) is 16.5 Å². The highest BCUT2D eigenvalue weighted by Gasteiger charge is 2.28. The van der Waals surface area contributed by atoms with Gasteiger partial charge in [-0.25, -0.2) is 9.59 Å². The second-order valence-corrected chi connectivity index (χ2v) is 8.54. The lowest BCUT2D eigenvalue weighted by molar-refractivity contribution is -0.140. The Hall–Kier alpha value is -3.31. The molecule has 0 N–H and O–H groups in total. The Morgan fingerprint density at radius 2 is 1.20 bits per heavy atom. The van der Waals surface area contributed by atoms with Crippen LogP contribution in [0.15, 0.2) is 112 Å². The normalized spacial score (nSPS) is 10.5. The van der Waals surface area contributed by atoms with E-state index in [-0.39, 0.29) is 24.1 Å². The highest BCUT2D eigenvalue weighted by molar-refractivity contribution is 7.97. The van der Waals surface area contributed by atoms with Gasteiger partial charge in [-0.2, -0.15) is 0 Å². The Balaban J connectivity index is 1.70. The number of carbonyl (C=O) groups excluding carboxylic acids is 2. The predicted molar refractivity (Wildman–Crippen MR) is 118 cm³/mol. The van der Waals surface area contributed by atoms with E-state index >= 15 is 0 Å². The molecule has 0 aliphatic heterocycles. The van der Waals surface area contributed by atoms with E-state index in [2.05, 4.69) is 30.8 Å². The summed E-state index contributed by atoms with van der Waals surface area (Å²) in [5, 5.41) is 0. The van der Waals surface area contributed by atoms with Crippen molar-refractivity contribution in [2.24, 2.45) is 0 Å². The molecule has 0 atom stereocenters. The van der Waals surface area contributed by atoms with Crippen LogP contribution in [0.1, 0.15) is 17.3 Å². The Labute approximate surface area is 179 Å². The van der Waals surface area contributed by atoms with E-state index in [0.29, 0.717) is 11.1 Å². The first-order valence-electron chi connectivity index (χ1n) is 9.50. The van der Waals surface area contributed by atoms with Crippen molar-refractivity contribution in [1.82, 2.24) is 0 Å². The molecule has 5 heteroatoms. The van der Waals surface area contributed by atoms with Gasteiger partial charge in [-0.3, -0.25) is 0 Å². The van der Waals surface area contributed by atoms with Crippen molar-refractivity contribution in [1.29, 1.82) is 0 Å². The fourth-order valence-electron chi connectivity index (χ4n) is 2.72. The molecular formula is C25H23O4S+. The number of esters is 2. The number of benzene rings is 3. The zero-order valence-electron chi connectivity index (χ0n) is 16.7. The molecule has 0 bridgehead atoms. The number of rotatable bonds is 8. The molecule has 0 amide bonds. The van der Waals surface area contributed by atoms with Crippen LogP contribution in [0.3, 0.4) is 0 Å². The van der Waals surface area contributed by atoms with E-state index in [1.54, 1.807) is 19.1 Å². The Morgan fingerprint density at radius 1 is 0.733 bits per heavy atom. The Kier molecular flexibility index (Phi) is 7.46. The van der Waals surface area contributed by atoms with Gasteiger partial charge >= 0.3 is 11.9 Å². The van der Waals surface area contributed by atoms with Crippen LogP contribution >= 0.6 is 0 Å². The monoisotopic (exact) mass is 419 g/mol. The van der Waals surface area contributed by atoms with E-state index in [4.69, 9.17) is 9.47 Å². The standard InChI is InChI=1S/C25H23O4S/c1-19(2)24(26)28-17-18-29-25(27)20-13-15-23(16-14-20)30(21-9-5-3-6-10-21)22-11-7-4-8-12-22/h3-16H,1,17-18H2,2H3/q+1. The summed E-state index contributed by atoms with van der Waals surface area (Å²) >= 11 is 0. The molecule has 3 rings (SSSR count). The van der Waals surface area contributed by atoms with Crippen LogP contribution < -0.4 is 0 Å². The summed E-state index contributed by atoms with van der Waals surface area (Å²) in [5.41, 5.74) is 0.763. The molecule has 0 fully saturated rings. The van der Waals surface area contributed by atoms with Crippen LogP contribution in [0.25, 0.3) is 0 Å². The quantitative estimate of drug-likeness (QED) is 0.222. The van der Waals surface area contributed by atoms with Gasteiger partial charge in [-0.15, -0.1) is 0 Å². The van der Waals surface area contributed by atoms with E-state index in [1.165, 1.54) is 9.79 Å². The van der Waals surface area contributed by atoms with Crippen molar-refractivity contribution in [3.05, 3.63) is 103 Å². The van der Waals surface area contributed by atoms with E-state index in [1.807, 2.05) is 48.5 Å². The molecule has 4 nitrogen and oxygen atoms in total. The van der Waals surface area contributed by atoms with Gasteiger partial charge in [0.25, 0.3) is 0 Å². The minimum absolute atomic E-state index is 0.000980. The van der Waals surface area contributed by atoms with Gasteiger partial charge in [0, 0.05) is 5.57 Å². The van der Waals surface area contributed by atoms with Gasteiger partial charge in [-0.05, 0) is 55.5 Å². The maximum Gasteiger partial charge on any atom is 0.338 e. The molecule has 0 unspecified atom stereocenters. The lowest BCUT2D eigenvalue weighted by atomic mass is 10.2. The van der Waals surface area contributed by atoms with Crippen LogP contribution in [0, 0.1) is 0 Å². The molecule has 0 saturated heterocycles. The Morgan fingerprint density at radius 3 is 1.70 bits per heavy atom. The molecule has 3 aromatic carbocycles. The first-order valence-corrected chi connectivity index (χ1v) is 10.7. The summed E-state index contributed by atoms with van der Waals surface area (Å²) in [6, 6.07) is 28.1. The zero-order chi connectivity index (χ0) is 21.3. The van der Waals surface area contributed by atoms with Gasteiger partial charge in [0.15, 0.2) is 14.7 Å². The molecule has 30 heavy (non-hydrogen) atoms. The fourth-order valence-corrected chi connectivity index (χ4v) is 4.81. The van der Waals surface area contributed by atoms with Crippen molar-refractivity contribution < 1.29 is 19.1 Å². The Bertz CT molecular complexity index is 959. The second-order valence-electron chi connectivity index (χ2n) is 6.51. The fraction of sp³-hybridized carbons (Fsp3) is 0.120. The zero-order valence-corrected chi connectivity index (χ0v) is 17.6. The molecule has 0 radical (unpaired) electrons. The molecule has 0 aromatic heterocycles. The van der Waals surface area contributed by atoms with Crippen molar-refractivity contribution in [2.45, 2.75) is 21.6 Å². The molecule has 0 saturated carbocycles. The molecular weight excluding hydrogens is 396 g/mol. The second kappa shape index (κ2) is 10.5. The van der Waals surface area contributed by atoms with Crippen LogP contribution in [-0.2, 0) is 25.2 Å². The summed E-state index contributed by atoms with van der Waals surface area (Å²) in [4.78, 5) is 27.1. The largest absolute Gasteiger partial charge is 0.459 e. The third kappa shape index (κ3) is 5.61. The lowest BCUT2D eigenvalue weighted by Gasteiger charge is -2.09. The summed E-state index contributed by atoms with van der Waals surface area (Å²) in [7, 11) is -0.271. The SMILES string of the molecule is C=C(C)C(=O)OCCOC(=O)c1ccc([S+](c2ccccc2)c2ccccc2)cc1.